The molecule has 1 aliphatic rings. The highest BCUT2D eigenvalue weighted by Crippen LogP contribution is 2.28. The summed E-state index contributed by atoms with van der Waals surface area (Å²) in [6.45, 7) is 1.76. The van der Waals surface area contributed by atoms with Gasteiger partial charge in [-0.25, -0.2) is 13.6 Å². The molecule has 3 aromatic rings. The third-order valence-corrected chi connectivity index (χ3v) is 4.89. The van der Waals surface area contributed by atoms with Gasteiger partial charge in [0.1, 0.15) is 17.2 Å². The number of pyridine rings is 1. The molecule has 1 aliphatic heterocycles. The molecule has 0 unspecified atom stereocenters. The van der Waals surface area contributed by atoms with Crippen LogP contribution in [0.15, 0.2) is 41.3 Å². The zero-order valence-electron chi connectivity index (χ0n) is 15.2. The van der Waals surface area contributed by atoms with Crippen LogP contribution in [0.4, 0.5) is 20.2 Å². The number of carbonyl (C=O) groups is 1. The van der Waals surface area contributed by atoms with E-state index in [2.05, 4.69) is 0 Å². The largest absolute Gasteiger partial charge is 0.477 e. The Bertz CT molecular complexity index is 1190. The molecular weight excluding hydrogens is 384 g/mol. The van der Waals surface area contributed by atoms with Crippen LogP contribution in [0.25, 0.3) is 16.6 Å². The summed E-state index contributed by atoms with van der Waals surface area (Å²) < 4.78 is 35.9. The molecule has 9 heteroatoms. The predicted octanol–water partition coefficient (Wildman–Crippen LogP) is 2.39. The average Bonchev–Trinajstić information content (AvgIpc) is 2.69. The van der Waals surface area contributed by atoms with Crippen molar-refractivity contribution in [1.29, 1.82) is 0 Å². The number of fused-ring (bicyclic) bond motifs is 1. The monoisotopic (exact) mass is 401 g/mol. The summed E-state index contributed by atoms with van der Waals surface area (Å²) in [4.78, 5) is 25.9. The Hall–Kier alpha value is -3.46. The van der Waals surface area contributed by atoms with Crippen molar-refractivity contribution >= 4 is 28.2 Å². The number of carboxylic acids is 1. The number of benzene rings is 2. The van der Waals surface area contributed by atoms with Crippen molar-refractivity contribution in [3.8, 4) is 5.69 Å². The molecule has 1 saturated heterocycles. The number of ether oxygens (including phenoxy) is 1. The van der Waals surface area contributed by atoms with Gasteiger partial charge in [0.15, 0.2) is 0 Å². The molecule has 0 atom stereocenters. The average molecular weight is 401 g/mol. The van der Waals surface area contributed by atoms with Gasteiger partial charge in [-0.05, 0) is 30.3 Å². The number of halogens is 2. The number of morpholine rings is 1. The molecule has 0 aliphatic carbocycles. The fourth-order valence-corrected chi connectivity index (χ4v) is 3.45. The molecule has 1 aromatic heterocycles. The van der Waals surface area contributed by atoms with Crippen LogP contribution >= 0.6 is 0 Å². The normalized spacial score (nSPS) is 14.3. The first-order valence-electron chi connectivity index (χ1n) is 8.87. The van der Waals surface area contributed by atoms with Gasteiger partial charge in [0.25, 0.3) is 0 Å². The second-order valence-electron chi connectivity index (χ2n) is 6.68. The first-order chi connectivity index (χ1) is 13.9. The van der Waals surface area contributed by atoms with E-state index in [1.54, 1.807) is 4.90 Å². The van der Waals surface area contributed by atoms with Crippen LogP contribution < -0.4 is 16.1 Å². The summed E-state index contributed by atoms with van der Waals surface area (Å²) >= 11 is 0. The van der Waals surface area contributed by atoms with Gasteiger partial charge in [-0.2, -0.15) is 0 Å². The maximum atomic E-state index is 14.8. The lowest BCUT2D eigenvalue weighted by molar-refractivity contribution is 0.0695. The third-order valence-electron chi connectivity index (χ3n) is 4.89. The molecule has 0 bridgehead atoms. The predicted molar refractivity (Wildman–Crippen MR) is 104 cm³/mol. The Morgan fingerprint density at radius 3 is 2.41 bits per heavy atom. The van der Waals surface area contributed by atoms with E-state index in [0.717, 1.165) is 18.3 Å². The lowest BCUT2D eigenvalue weighted by Gasteiger charge is -2.29. The first-order valence-corrected chi connectivity index (χ1v) is 8.87. The van der Waals surface area contributed by atoms with E-state index in [4.69, 9.17) is 10.5 Å². The maximum absolute atomic E-state index is 14.8. The van der Waals surface area contributed by atoms with Crippen LogP contribution in [0.1, 0.15) is 10.4 Å². The smallest absolute Gasteiger partial charge is 0.341 e. The van der Waals surface area contributed by atoms with Crippen molar-refractivity contribution in [2.45, 2.75) is 0 Å². The number of nitrogens with two attached hydrogens (primary N) is 1. The Kier molecular flexibility index (Phi) is 4.67. The van der Waals surface area contributed by atoms with Gasteiger partial charge < -0.3 is 25.0 Å². The summed E-state index contributed by atoms with van der Waals surface area (Å²) in [6, 6.07) is 6.35. The van der Waals surface area contributed by atoms with Crippen molar-refractivity contribution in [3.05, 3.63) is 63.9 Å². The summed E-state index contributed by atoms with van der Waals surface area (Å²) in [5, 5.41) is 9.24. The van der Waals surface area contributed by atoms with Crippen LogP contribution in [0, 0.1) is 11.6 Å². The lowest BCUT2D eigenvalue weighted by atomic mass is 10.1. The lowest BCUT2D eigenvalue weighted by Crippen LogP contribution is -2.36. The summed E-state index contributed by atoms with van der Waals surface area (Å²) in [5.74, 6) is -2.86. The molecule has 0 amide bonds. The maximum Gasteiger partial charge on any atom is 0.341 e. The number of carboxylic acid groups (broad SMARTS) is 1. The molecule has 2 heterocycles. The Balaban J connectivity index is 2.05. The van der Waals surface area contributed by atoms with Crippen LogP contribution in [-0.4, -0.2) is 41.9 Å². The van der Waals surface area contributed by atoms with Crippen LogP contribution in [-0.2, 0) is 4.74 Å². The standard InChI is InChI=1S/C20H17F2N3O4/c21-14-7-11(23)1-2-16(14)25-10-13(20(27)28)19(26)12-8-15(22)18(9-17(12)25)24-3-5-29-6-4-24/h1-2,7-10H,3-6,23H2,(H,27,28). The first kappa shape index (κ1) is 18.9. The van der Waals surface area contributed by atoms with E-state index in [-0.39, 0.29) is 28.0 Å². The number of nitrogen functional groups attached to an aromatic ring is 1. The molecule has 29 heavy (non-hydrogen) atoms. The Morgan fingerprint density at radius 1 is 1.07 bits per heavy atom. The number of aromatic carboxylic acids is 1. The number of nitrogens with zero attached hydrogens (tertiary/aromatic N) is 2. The van der Waals surface area contributed by atoms with E-state index in [1.807, 2.05) is 0 Å². The summed E-state index contributed by atoms with van der Waals surface area (Å²) in [6.07, 6.45) is 1.04. The Morgan fingerprint density at radius 2 is 1.76 bits per heavy atom. The quantitative estimate of drug-likeness (QED) is 0.654. The van der Waals surface area contributed by atoms with E-state index in [1.165, 1.54) is 22.8 Å². The highest BCUT2D eigenvalue weighted by molar-refractivity contribution is 5.94. The van der Waals surface area contributed by atoms with Gasteiger partial charge in [0.2, 0.25) is 5.43 Å². The summed E-state index contributed by atoms with van der Waals surface area (Å²) in [7, 11) is 0. The molecule has 4 rings (SSSR count). The van der Waals surface area contributed by atoms with Crippen LogP contribution in [0.3, 0.4) is 0 Å². The van der Waals surface area contributed by atoms with Crippen molar-refractivity contribution in [2.24, 2.45) is 0 Å². The topological polar surface area (TPSA) is 97.8 Å². The number of rotatable bonds is 3. The van der Waals surface area contributed by atoms with Crippen molar-refractivity contribution in [2.75, 3.05) is 36.9 Å². The molecule has 0 spiro atoms. The van der Waals surface area contributed by atoms with E-state index >= 15 is 0 Å². The van der Waals surface area contributed by atoms with Gasteiger partial charge >= 0.3 is 5.97 Å². The van der Waals surface area contributed by atoms with Crippen LogP contribution in [0.2, 0.25) is 0 Å². The molecule has 0 radical (unpaired) electrons. The second-order valence-corrected chi connectivity index (χ2v) is 6.68. The SMILES string of the molecule is Nc1ccc(-n2cc(C(=O)O)c(=O)c3cc(F)c(N4CCOCC4)cc32)c(F)c1. The molecule has 2 aromatic carbocycles. The van der Waals surface area contributed by atoms with Gasteiger partial charge in [0, 0.05) is 30.4 Å². The number of hydrogen-bond donors (Lipinski definition) is 2. The van der Waals surface area contributed by atoms with E-state index < -0.39 is 28.6 Å². The molecular formula is C20H17F2N3O4. The van der Waals surface area contributed by atoms with E-state index in [9.17, 15) is 23.5 Å². The number of hydrogen-bond acceptors (Lipinski definition) is 5. The van der Waals surface area contributed by atoms with Gasteiger partial charge in [-0.15, -0.1) is 0 Å². The molecule has 7 nitrogen and oxygen atoms in total. The van der Waals surface area contributed by atoms with Gasteiger partial charge in [0.05, 0.1) is 30.1 Å². The highest BCUT2D eigenvalue weighted by Gasteiger charge is 2.22. The van der Waals surface area contributed by atoms with Gasteiger partial charge in [-0.1, -0.05) is 0 Å². The molecule has 1 fully saturated rings. The fourth-order valence-electron chi connectivity index (χ4n) is 3.45. The van der Waals surface area contributed by atoms with Crippen molar-refractivity contribution in [3.63, 3.8) is 0 Å². The fraction of sp³-hybridized carbons (Fsp3) is 0.200. The Labute approximate surface area is 163 Å². The summed E-state index contributed by atoms with van der Waals surface area (Å²) in [5.41, 5.74) is 4.77. The van der Waals surface area contributed by atoms with Crippen molar-refractivity contribution in [1.82, 2.24) is 4.57 Å². The molecule has 0 saturated carbocycles. The third kappa shape index (κ3) is 3.29. The minimum Gasteiger partial charge on any atom is -0.477 e. The van der Waals surface area contributed by atoms with E-state index in [0.29, 0.717) is 26.3 Å². The number of anilines is 2. The minimum absolute atomic E-state index is 0.00812. The second kappa shape index (κ2) is 7.17. The number of aromatic nitrogens is 1. The molecule has 3 N–H and O–H groups in total. The molecule has 150 valence electrons. The zero-order valence-corrected chi connectivity index (χ0v) is 15.2. The van der Waals surface area contributed by atoms with Crippen molar-refractivity contribution < 1.29 is 23.4 Å². The van der Waals surface area contributed by atoms with Crippen LogP contribution in [0.5, 0.6) is 0 Å². The van der Waals surface area contributed by atoms with Gasteiger partial charge in [-0.3, -0.25) is 4.79 Å². The zero-order chi connectivity index (χ0) is 20.7. The minimum atomic E-state index is -1.49. The highest BCUT2D eigenvalue weighted by atomic mass is 19.1.